The maximum Gasteiger partial charge on any atom is 0.254 e. The summed E-state index contributed by atoms with van der Waals surface area (Å²) >= 11 is 0. The zero-order valence-corrected chi connectivity index (χ0v) is 16.6. The lowest BCUT2D eigenvalue weighted by Gasteiger charge is -2.30. The quantitative estimate of drug-likeness (QED) is 0.584. The number of rotatable bonds is 5. The Morgan fingerprint density at radius 1 is 1.26 bits per heavy atom. The molecule has 1 aromatic carbocycles. The second-order valence-electron chi connectivity index (χ2n) is 7.43. The lowest BCUT2D eigenvalue weighted by Crippen LogP contribution is -2.26. The van der Waals surface area contributed by atoms with Crippen LogP contribution >= 0.6 is 0 Å². The van der Waals surface area contributed by atoms with Gasteiger partial charge in [-0.2, -0.15) is 5.10 Å². The predicted molar refractivity (Wildman–Crippen MR) is 118 cm³/mol. The molecule has 0 spiro atoms. The first-order valence-corrected chi connectivity index (χ1v) is 9.78. The van der Waals surface area contributed by atoms with Gasteiger partial charge in [0.05, 0.1) is 43.2 Å². The number of hydrogen-bond acceptors (Lipinski definition) is 6. The molecule has 1 aliphatic carbocycles. The number of nitrogens with one attached hydrogen (secondary N) is 3. The van der Waals surface area contributed by atoms with Gasteiger partial charge in [-0.15, -0.1) is 0 Å². The summed E-state index contributed by atoms with van der Waals surface area (Å²) in [4.78, 5) is 30.6. The van der Waals surface area contributed by atoms with Crippen LogP contribution in [0.1, 0.15) is 35.7 Å². The summed E-state index contributed by atoms with van der Waals surface area (Å²) in [6.07, 6.45) is 4.31. The Bertz CT molecular complexity index is 1370. The summed E-state index contributed by atoms with van der Waals surface area (Å²) in [7, 11) is 1.61. The van der Waals surface area contributed by atoms with E-state index >= 15 is 0 Å². The van der Waals surface area contributed by atoms with Crippen LogP contribution in [0.2, 0.25) is 0 Å². The fourth-order valence-corrected chi connectivity index (χ4v) is 3.56. The minimum absolute atomic E-state index is 0.0607. The molecule has 1 saturated carbocycles. The zero-order valence-electron chi connectivity index (χ0n) is 21.6. The average Bonchev–Trinajstić information content (AvgIpc) is 3.52. The number of benzene rings is 1. The van der Waals surface area contributed by atoms with Gasteiger partial charge in [-0.05, 0) is 31.0 Å². The van der Waals surface area contributed by atoms with Crippen molar-refractivity contribution in [2.75, 3.05) is 29.6 Å². The van der Waals surface area contributed by atoms with Crippen molar-refractivity contribution < 1.29 is 16.4 Å². The van der Waals surface area contributed by atoms with Crippen LogP contribution in [0.5, 0.6) is 0 Å². The first kappa shape index (κ1) is 14.2. The SMILES string of the molecule is [2H]C([2H])([2H])NC(=O)c1cnc(NC(=O)C2CC2)cc1Nc1cccc2c1N(C)C([2H])([2H])c1ccnn1-2. The van der Waals surface area contributed by atoms with Gasteiger partial charge in [0.2, 0.25) is 5.91 Å². The first-order valence-electron chi connectivity index (χ1n) is 12.3. The molecule has 0 unspecified atom stereocenters. The zero-order chi connectivity index (χ0) is 25.8. The van der Waals surface area contributed by atoms with Crippen LogP contribution in [0.4, 0.5) is 22.9 Å². The maximum absolute atomic E-state index is 12.8. The van der Waals surface area contributed by atoms with Crippen molar-refractivity contribution in [2.24, 2.45) is 5.92 Å². The topological polar surface area (TPSA) is 104 Å². The van der Waals surface area contributed by atoms with Crippen LogP contribution in [0.3, 0.4) is 0 Å². The molecule has 1 fully saturated rings. The number of nitrogens with zero attached hydrogens (tertiary/aromatic N) is 4. The molecule has 3 aromatic rings. The Balaban J connectivity index is 1.58. The summed E-state index contributed by atoms with van der Waals surface area (Å²) in [6.45, 7) is -4.60. The van der Waals surface area contributed by atoms with E-state index in [-0.39, 0.29) is 28.9 Å². The van der Waals surface area contributed by atoms with Crippen molar-refractivity contribution >= 4 is 34.7 Å². The Hall–Kier alpha value is -3.88. The molecule has 2 aromatic heterocycles. The van der Waals surface area contributed by atoms with Crippen molar-refractivity contribution in [3.05, 3.63) is 54.0 Å². The minimum Gasteiger partial charge on any atom is -0.365 e. The summed E-state index contributed by atoms with van der Waals surface area (Å²) in [5.41, 5.74) is 2.01. The Morgan fingerprint density at radius 3 is 2.94 bits per heavy atom. The van der Waals surface area contributed by atoms with Gasteiger partial charge in [-0.25, -0.2) is 9.67 Å². The van der Waals surface area contributed by atoms with Gasteiger partial charge in [0.1, 0.15) is 5.82 Å². The number of pyridine rings is 1. The molecule has 1 aliphatic heterocycles. The van der Waals surface area contributed by atoms with Crippen molar-refractivity contribution in [2.45, 2.75) is 19.3 Å². The molecule has 158 valence electrons. The predicted octanol–water partition coefficient (Wildman–Crippen LogP) is 2.67. The molecule has 3 heterocycles. The third-order valence-corrected chi connectivity index (χ3v) is 5.23. The van der Waals surface area contributed by atoms with E-state index in [0.717, 1.165) is 12.8 Å². The van der Waals surface area contributed by atoms with E-state index in [9.17, 15) is 9.59 Å². The number of carbonyl (C=O) groups excluding carboxylic acids is 2. The van der Waals surface area contributed by atoms with Crippen molar-refractivity contribution in [1.82, 2.24) is 20.1 Å². The van der Waals surface area contributed by atoms with Crippen molar-refractivity contribution in [3.8, 4) is 5.69 Å². The van der Waals surface area contributed by atoms with E-state index in [4.69, 9.17) is 6.85 Å². The van der Waals surface area contributed by atoms with Crippen LogP contribution in [0, 0.1) is 5.92 Å². The van der Waals surface area contributed by atoms with E-state index in [2.05, 4.69) is 20.7 Å². The second-order valence-corrected chi connectivity index (χ2v) is 7.43. The number of anilines is 4. The van der Waals surface area contributed by atoms with Gasteiger partial charge in [-0.1, -0.05) is 6.07 Å². The molecule has 0 saturated heterocycles. The van der Waals surface area contributed by atoms with Gasteiger partial charge < -0.3 is 20.9 Å². The summed E-state index contributed by atoms with van der Waals surface area (Å²) < 4.78 is 40.9. The molecule has 9 heteroatoms. The Morgan fingerprint density at radius 2 is 2.13 bits per heavy atom. The molecule has 0 atom stereocenters. The van der Waals surface area contributed by atoms with Gasteiger partial charge >= 0.3 is 0 Å². The third kappa shape index (κ3) is 3.48. The largest absolute Gasteiger partial charge is 0.365 e. The molecular weight excluding hydrogens is 394 g/mol. The van der Waals surface area contributed by atoms with Gasteiger partial charge in [-0.3, -0.25) is 9.59 Å². The smallest absolute Gasteiger partial charge is 0.254 e. The highest BCUT2D eigenvalue weighted by molar-refractivity contribution is 6.02. The Kier molecular flexibility index (Phi) is 3.40. The molecule has 0 radical (unpaired) electrons. The molecular formula is C22H23N7O2. The van der Waals surface area contributed by atoms with Gasteiger partial charge in [0, 0.05) is 42.5 Å². The molecule has 5 rings (SSSR count). The van der Waals surface area contributed by atoms with E-state index in [1.165, 1.54) is 28.0 Å². The summed E-state index contributed by atoms with van der Waals surface area (Å²) in [5, 5.41) is 12.1. The van der Waals surface area contributed by atoms with Crippen LogP contribution in [0.15, 0.2) is 42.7 Å². The number of hydrogen-bond donors (Lipinski definition) is 3. The second kappa shape index (κ2) is 7.42. The minimum atomic E-state index is -2.72. The fourth-order valence-electron chi connectivity index (χ4n) is 3.56. The monoisotopic (exact) mass is 422 g/mol. The van der Waals surface area contributed by atoms with Crippen LogP contribution in [-0.4, -0.2) is 40.6 Å². The Labute approximate surface area is 186 Å². The van der Waals surface area contributed by atoms with Crippen LogP contribution in [-0.2, 0) is 11.3 Å². The number of fused-ring (bicyclic) bond motifs is 3. The maximum atomic E-state index is 12.8. The highest BCUT2D eigenvalue weighted by atomic mass is 16.2. The van der Waals surface area contributed by atoms with Crippen LogP contribution < -0.4 is 20.9 Å². The van der Waals surface area contributed by atoms with E-state index in [1.54, 1.807) is 31.3 Å². The highest BCUT2D eigenvalue weighted by Crippen LogP contribution is 2.39. The lowest BCUT2D eigenvalue weighted by atomic mass is 10.1. The first-order chi connectivity index (χ1) is 17.0. The number of carbonyl (C=O) groups is 2. The molecule has 2 amide bonds. The number of amides is 2. The summed E-state index contributed by atoms with van der Waals surface area (Å²) in [6, 6.07) is 8.30. The molecule has 0 bridgehead atoms. The van der Waals surface area contributed by atoms with Crippen LogP contribution in [0.25, 0.3) is 5.69 Å². The molecule has 2 aliphatic rings. The number of aromatic nitrogens is 3. The van der Waals surface area contributed by atoms with E-state index in [1.807, 2.05) is 5.32 Å². The van der Waals surface area contributed by atoms with Gasteiger partial charge in [0.15, 0.2) is 0 Å². The highest BCUT2D eigenvalue weighted by Gasteiger charge is 2.30. The number of para-hydroxylation sites is 1. The van der Waals surface area contributed by atoms with Crippen molar-refractivity contribution in [3.63, 3.8) is 0 Å². The molecule has 3 N–H and O–H groups in total. The van der Waals surface area contributed by atoms with E-state index < -0.39 is 19.4 Å². The van der Waals surface area contributed by atoms with Gasteiger partial charge in [0.25, 0.3) is 5.91 Å². The van der Waals surface area contributed by atoms with Crippen molar-refractivity contribution in [1.29, 1.82) is 0 Å². The lowest BCUT2D eigenvalue weighted by molar-refractivity contribution is -0.117. The third-order valence-electron chi connectivity index (χ3n) is 5.23. The average molecular weight is 423 g/mol. The normalized spacial score (nSPS) is 18.9. The molecule has 31 heavy (non-hydrogen) atoms. The summed E-state index contributed by atoms with van der Waals surface area (Å²) in [5.74, 6) is -0.929. The molecule has 9 nitrogen and oxygen atoms in total. The standard InChI is InChI=1S/C22H23N7O2/c1-23-22(31)15-11-24-19(27-21(30)13-6-7-13)10-17(15)26-16-4-3-5-18-20(16)28(2)12-14-8-9-25-29(14)18/h3-5,8-11,13H,6-7,12H2,1-2H3,(H,23,31)(H2,24,26,27,30)/i1D3,12D2. The fraction of sp³-hybridized carbons (Fsp3) is 0.273. The van der Waals surface area contributed by atoms with E-state index in [0.29, 0.717) is 22.8 Å².